The first-order chi connectivity index (χ1) is 9.06. The minimum atomic E-state index is -0.336. The molecule has 0 radical (unpaired) electrons. The van der Waals surface area contributed by atoms with Crippen molar-refractivity contribution in [3.05, 3.63) is 62.5 Å². The maximum Gasteiger partial charge on any atom is 0.272 e. The lowest BCUT2D eigenvalue weighted by Crippen LogP contribution is -2.28. The largest absolute Gasteiger partial charge is 0.344 e. The lowest BCUT2D eigenvalue weighted by Gasteiger charge is -2.13. The molecule has 0 unspecified atom stereocenters. The number of benzene rings is 1. The van der Waals surface area contributed by atoms with Crippen LogP contribution < -0.4 is 10.9 Å². The first kappa shape index (κ1) is 13.5. The van der Waals surface area contributed by atoms with Crippen molar-refractivity contribution in [2.45, 2.75) is 13.0 Å². The summed E-state index contributed by atoms with van der Waals surface area (Å²) in [4.78, 5) is 22.8. The predicted octanol–water partition coefficient (Wildman–Crippen LogP) is 2.02. The third-order valence-electron chi connectivity index (χ3n) is 2.63. The molecule has 1 aromatic heterocycles. The number of halogens is 1. The molecule has 5 nitrogen and oxygen atoms in total. The smallest absolute Gasteiger partial charge is 0.272 e. The number of aromatic nitrogens is 2. The molecule has 1 atom stereocenters. The molecule has 0 spiro atoms. The summed E-state index contributed by atoms with van der Waals surface area (Å²) >= 11 is 3.36. The van der Waals surface area contributed by atoms with Gasteiger partial charge in [-0.25, -0.2) is 5.10 Å². The van der Waals surface area contributed by atoms with Gasteiger partial charge in [-0.1, -0.05) is 28.1 Å². The van der Waals surface area contributed by atoms with E-state index in [4.69, 9.17) is 0 Å². The van der Waals surface area contributed by atoms with E-state index in [9.17, 15) is 9.59 Å². The van der Waals surface area contributed by atoms with Crippen LogP contribution >= 0.6 is 15.9 Å². The number of carbonyl (C=O) groups is 1. The molecule has 0 saturated carbocycles. The quantitative estimate of drug-likeness (QED) is 0.908. The van der Waals surface area contributed by atoms with Gasteiger partial charge in [0.25, 0.3) is 11.5 Å². The summed E-state index contributed by atoms with van der Waals surface area (Å²) in [6.45, 7) is 1.88. The number of amides is 1. The van der Waals surface area contributed by atoms with Gasteiger partial charge in [-0.15, -0.1) is 0 Å². The Balaban J connectivity index is 2.08. The summed E-state index contributed by atoms with van der Waals surface area (Å²) < 4.78 is 0.983. The molecule has 1 amide bonds. The van der Waals surface area contributed by atoms with Gasteiger partial charge in [-0.2, -0.15) is 5.10 Å². The Morgan fingerprint density at radius 2 is 1.95 bits per heavy atom. The van der Waals surface area contributed by atoms with E-state index in [1.165, 1.54) is 12.1 Å². The number of carbonyl (C=O) groups excluding carboxylic acids is 1. The van der Waals surface area contributed by atoms with E-state index in [0.717, 1.165) is 10.0 Å². The molecule has 0 aliphatic heterocycles. The minimum absolute atomic E-state index is 0.144. The van der Waals surface area contributed by atoms with Crippen LogP contribution in [-0.2, 0) is 0 Å². The summed E-state index contributed by atoms with van der Waals surface area (Å²) in [7, 11) is 0. The van der Waals surface area contributed by atoms with Crippen molar-refractivity contribution in [1.82, 2.24) is 15.5 Å². The van der Waals surface area contributed by atoms with E-state index in [-0.39, 0.29) is 23.2 Å². The molecule has 0 fully saturated rings. The molecule has 19 heavy (non-hydrogen) atoms. The zero-order valence-corrected chi connectivity index (χ0v) is 11.8. The van der Waals surface area contributed by atoms with E-state index in [2.05, 4.69) is 31.4 Å². The van der Waals surface area contributed by atoms with Crippen molar-refractivity contribution in [1.29, 1.82) is 0 Å². The Morgan fingerprint density at radius 1 is 1.26 bits per heavy atom. The fourth-order valence-corrected chi connectivity index (χ4v) is 1.84. The molecule has 1 aromatic carbocycles. The summed E-state index contributed by atoms with van der Waals surface area (Å²) in [6.07, 6.45) is 0. The SMILES string of the molecule is C[C@@H](NC(=O)c1ccc(=O)[nH]n1)c1ccc(Br)cc1. The molecular weight excluding hydrogens is 310 g/mol. The van der Waals surface area contributed by atoms with Crippen LogP contribution in [0.4, 0.5) is 0 Å². The van der Waals surface area contributed by atoms with Gasteiger partial charge in [0.15, 0.2) is 0 Å². The zero-order valence-electron chi connectivity index (χ0n) is 10.2. The third kappa shape index (κ3) is 3.51. The second kappa shape index (κ2) is 5.79. The highest BCUT2D eigenvalue weighted by Gasteiger charge is 2.12. The molecule has 6 heteroatoms. The summed E-state index contributed by atoms with van der Waals surface area (Å²) in [5, 5.41) is 8.72. The van der Waals surface area contributed by atoms with Crippen molar-refractivity contribution in [3.8, 4) is 0 Å². The fraction of sp³-hybridized carbons (Fsp3) is 0.154. The van der Waals surface area contributed by atoms with Crippen molar-refractivity contribution < 1.29 is 4.79 Å². The summed E-state index contributed by atoms with van der Waals surface area (Å²) in [5.74, 6) is -0.327. The molecule has 2 rings (SSSR count). The van der Waals surface area contributed by atoms with Crippen molar-refractivity contribution >= 4 is 21.8 Å². The van der Waals surface area contributed by atoms with Gasteiger partial charge in [0.1, 0.15) is 5.69 Å². The number of nitrogens with zero attached hydrogens (tertiary/aromatic N) is 1. The van der Waals surface area contributed by atoms with Gasteiger partial charge in [0.05, 0.1) is 6.04 Å². The Morgan fingerprint density at radius 3 is 2.53 bits per heavy atom. The van der Waals surface area contributed by atoms with Crippen LogP contribution in [0.1, 0.15) is 29.0 Å². The monoisotopic (exact) mass is 321 g/mol. The van der Waals surface area contributed by atoms with Crippen LogP contribution in [0, 0.1) is 0 Å². The minimum Gasteiger partial charge on any atom is -0.344 e. The normalized spacial score (nSPS) is 11.9. The second-order valence-corrected chi connectivity index (χ2v) is 4.97. The molecular formula is C13H12BrN3O2. The predicted molar refractivity (Wildman–Crippen MR) is 74.9 cm³/mol. The van der Waals surface area contributed by atoms with E-state index in [1.54, 1.807) is 0 Å². The third-order valence-corrected chi connectivity index (χ3v) is 3.16. The number of rotatable bonds is 3. The molecule has 0 aliphatic rings. The number of hydrogen-bond acceptors (Lipinski definition) is 3. The second-order valence-electron chi connectivity index (χ2n) is 4.05. The van der Waals surface area contributed by atoms with Gasteiger partial charge in [0, 0.05) is 10.5 Å². The highest BCUT2D eigenvalue weighted by atomic mass is 79.9. The molecule has 1 heterocycles. The Labute approximate surface area is 118 Å². The first-order valence-corrected chi connectivity index (χ1v) is 6.47. The van der Waals surface area contributed by atoms with E-state index < -0.39 is 0 Å². The maximum absolute atomic E-state index is 11.9. The lowest BCUT2D eigenvalue weighted by molar-refractivity contribution is 0.0933. The van der Waals surface area contributed by atoms with Crippen molar-refractivity contribution in [2.24, 2.45) is 0 Å². The summed E-state index contributed by atoms with van der Waals surface area (Å²) in [6, 6.07) is 10.2. The van der Waals surface area contributed by atoms with E-state index >= 15 is 0 Å². The number of aromatic amines is 1. The van der Waals surface area contributed by atoms with E-state index in [1.807, 2.05) is 31.2 Å². The van der Waals surface area contributed by atoms with Crippen molar-refractivity contribution in [2.75, 3.05) is 0 Å². The lowest BCUT2D eigenvalue weighted by atomic mass is 10.1. The van der Waals surface area contributed by atoms with Crippen molar-refractivity contribution in [3.63, 3.8) is 0 Å². The van der Waals surface area contributed by atoms with Gasteiger partial charge < -0.3 is 5.32 Å². The number of H-pyrrole nitrogens is 1. The van der Waals surface area contributed by atoms with Gasteiger partial charge >= 0.3 is 0 Å². The standard InChI is InChI=1S/C13H12BrN3O2/c1-8(9-2-4-10(14)5-3-9)15-13(19)11-6-7-12(18)17-16-11/h2-8H,1H3,(H,15,19)(H,17,18)/t8-/m1/s1. The number of hydrogen-bond donors (Lipinski definition) is 2. The molecule has 0 aliphatic carbocycles. The first-order valence-electron chi connectivity index (χ1n) is 5.68. The average molecular weight is 322 g/mol. The van der Waals surface area contributed by atoms with E-state index in [0.29, 0.717) is 0 Å². The number of nitrogens with one attached hydrogen (secondary N) is 2. The Kier molecular flexibility index (Phi) is 4.11. The Hall–Kier alpha value is -1.95. The van der Waals surface area contributed by atoms with Crippen LogP contribution in [0.5, 0.6) is 0 Å². The van der Waals surface area contributed by atoms with Crippen LogP contribution in [-0.4, -0.2) is 16.1 Å². The molecule has 98 valence electrons. The highest BCUT2D eigenvalue weighted by molar-refractivity contribution is 9.10. The fourth-order valence-electron chi connectivity index (χ4n) is 1.58. The molecule has 0 saturated heterocycles. The van der Waals surface area contributed by atoms with Crippen LogP contribution in [0.3, 0.4) is 0 Å². The molecule has 2 N–H and O–H groups in total. The van der Waals surface area contributed by atoms with Gasteiger partial charge in [0.2, 0.25) is 0 Å². The average Bonchev–Trinajstić information content (AvgIpc) is 2.40. The zero-order chi connectivity index (χ0) is 13.8. The maximum atomic E-state index is 11.9. The van der Waals surface area contributed by atoms with Gasteiger partial charge in [-0.05, 0) is 30.7 Å². The van der Waals surface area contributed by atoms with Crippen LogP contribution in [0.2, 0.25) is 0 Å². The molecule has 0 bridgehead atoms. The summed E-state index contributed by atoms with van der Waals surface area (Å²) in [5.41, 5.74) is 0.835. The highest BCUT2D eigenvalue weighted by Crippen LogP contribution is 2.16. The topological polar surface area (TPSA) is 74.8 Å². The van der Waals surface area contributed by atoms with Gasteiger partial charge in [-0.3, -0.25) is 9.59 Å². The van der Waals surface area contributed by atoms with Crippen LogP contribution in [0.15, 0.2) is 45.7 Å². The Bertz CT molecular complexity index is 617. The van der Waals surface area contributed by atoms with Crippen LogP contribution in [0.25, 0.3) is 0 Å². The molecule has 2 aromatic rings.